The molecule has 0 aromatic carbocycles. The number of carboxylic acids is 1. The number of carbonyl (C=O) groups excluding carboxylic acids is 1. The van der Waals surface area contributed by atoms with Gasteiger partial charge >= 0.3 is 5.97 Å². The van der Waals surface area contributed by atoms with E-state index in [1.807, 2.05) is 19.1 Å². The molecule has 4 heteroatoms. The van der Waals surface area contributed by atoms with E-state index in [9.17, 15) is 9.59 Å². The molecule has 16 heavy (non-hydrogen) atoms. The SMILES string of the molecule is C=C(C)CNC(=O)[C@@H]1CC=CC[C@@H]1C(=O)O. The van der Waals surface area contributed by atoms with E-state index in [-0.39, 0.29) is 5.91 Å². The summed E-state index contributed by atoms with van der Waals surface area (Å²) in [7, 11) is 0. The maximum Gasteiger partial charge on any atom is 0.307 e. The lowest BCUT2D eigenvalue weighted by Gasteiger charge is -2.24. The van der Waals surface area contributed by atoms with Crippen molar-refractivity contribution in [1.82, 2.24) is 5.32 Å². The number of hydrogen-bond acceptors (Lipinski definition) is 2. The highest BCUT2D eigenvalue weighted by atomic mass is 16.4. The molecule has 1 aliphatic carbocycles. The fourth-order valence-electron chi connectivity index (χ4n) is 1.75. The molecule has 0 aromatic heterocycles. The third-order valence-electron chi connectivity index (χ3n) is 2.65. The predicted octanol–water partition coefficient (Wildman–Crippen LogP) is 1.35. The Labute approximate surface area is 95.0 Å². The second kappa shape index (κ2) is 5.49. The van der Waals surface area contributed by atoms with E-state index in [4.69, 9.17) is 5.11 Å². The van der Waals surface area contributed by atoms with Crippen LogP contribution in [0.4, 0.5) is 0 Å². The van der Waals surface area contributed by atoms with E-state index in [2.05, 4.69) is 11.9 Å². The van der Waals surface area contributed by atoms with Gasteiger partial charge in [0.05, 0.1) is 11.8 Å². The maximum atomic E-state index is 11.8. The van der Waals surface area contributed by atoms with Gasteiger partial charge in [-0.3, -0.25) is 9.59 Å². The standard InChI is InChI=1S/C12H17NO3/c1-8(2)7-13-11(14)9-5-3-4-6-10(9)12(15)16/h3-4,9-10H,1,5-7H2,2H3,(H,13,14)(H,15,16)/t9-,10+/m1/s1. The summed E-state index contributed by atoms with van der Waals surface area (Å²) in [4.78, 5) is 22.7. The fraction of sp³-hybridized carbons (Fsp3) is 0.500. The first-order valence-corrected chi connectivity index (χ1v) is 5.32. The molecule has 0 saturated carbocycles. The normalized spacial score (nSPS) is 23.8. The van der Waals surface area contributed by atoms with E-state index in [0.717, 1.165) is 5.57 Å². The average molecular weight is 223 g/mol. The molecule has 0 radical (unpaired) electrons. The highest BCUT2D eigenvalue weighted by Gasteiger charge is 2.33. The van der Waals surface area contributed by atoms with Crippen molar-refractivity contribution in [2.24, 2.45) is 11.8 Å². The molecule has 2 N–H and O–H groups in total. The summed E-state index contributed by atoms with van der Waals surface area (Å²) in [5, 5.41) is 11.7. The summed E-state index contributed by atoms with van der Waals surface area (Å²) in [6.45, 7) is 5.90. The monoisotopic (exact) mass is 223 g/mol. The second-order valence-electron chi connectivity index (χ2n) is 4.17. The smallest absolute Gasteiger partial charge is 0.307 e. The zero-order valence-corrected chi connectivity index (χ0v) is 9.40. The van der Waals surface area contributed by atoms with Crippen molar-refractivity contribution in [3.05, 3.63) is 24.3 Å². The van der Waals surface area contributed by atoms with E-state index in [1.54, 1.807) is 0 Å². The highest BCUT2D eigenvalue weighted by Crippen LogP contribution is 2.25. The van der Waals surface area contributed by atoms with Crippen molar-refractivity contribution in [3.8, 4) is 0 Å². The molecule has 0 bridgehead atoms. The Balaban J connectivity index is 2.62. The number of carboxylic acid groups (broad SMARTS) is 1. The Morgan fingerprint density at radius 1 is 1.38 bits per heavy atom. The molecule has 0 aliphatic heterocycles. The molecule has 1 aliphatic rings. The highest BCUT2D eigenvalue weighted by molar-refractivity contribution is 5.85. The first-order chi connectivity index (χ1) is 7.52. The number of aliphatic carboxylic acids is 1. The van der Waals surface area contributed by atoms with Crippen LogP contribution in [0.25, 0.3) is 0 Å². The first kappa shape index (κ1) is 12.5. The predicted molar refractivity (Wildman–Crippen MR) is 60.8 cm³/mol. The molecule has 0 spiro atoms. The molecule has 0 unspecified atom stereocenters. The number of carbonyl (C=O) groups is 2. The topological polar surface area (TPSA) is 66.4 Å². The molecular formula is C12H17NO3. The number of rotatable bonds is 4. The van der Waals surface area contributed by atoms with E-state index in [0.29, 0.717) is 19.4 Å². The summed E-state index contributed by atoms with van der Waals surface area (Å²) in [5.74, 6) is -2.16. The Hall–Kier alpha value is -1.58. The van der Waals surface area contributed by atoms with Gasteiger partial charge in [0, 0.05) is 6.54 Å². The number of hydrogen-bond donors (Lipinski definition) is 2. The van der Waals surface area contributed by atoms with Crippen molar-refractivity contribution in [2.45, 2.75) is 19.8 Å². The molecule has 2 atom stereocenters. The number of nitrogens with one attached hydrogen (secondary N) is 1. The Kier molecular flexibility index (Phi) is 4.28. The van der Waals surface area contributed by atoms with E-state index >= 15 is 0 Å². The summed E-state index contributed by atoms with van der Waals surface area (Å²) in [6, 6.07) is 0. The minimum Gasteiger partial charge on any atom is -0.481 e. The van der Waals surface area contributed by atoms with Gasteiger partial charge in [0.25, 0.3) is 0 Å². The molecule has 4 nitrogen and oxygen atoms in total. The molecule has 0 saturated heterocycles. The lowest BCUT2D eigenvalue weighted by Crippen LogP contribution is -2.39. The van der Waals surface area contributed by atoms with Gasteiger partial charge in [0.15, 0.2) is 0 Å². The summed E-state index contributed by atoms with van der Waals surface area (Å²) < 4.78 is 0. The van der Waals surface area contributed by atoms with Gasteiger partial charge in [-0.15, -0.1) is 0 Å². The molecule has 88 valence electrons. The fourth-order valence-corrected chi connectivity index (χ4v) is 1.75. The largest absolute Gasteiger partial charge is 0.481 e. The van der Waals surface area contributed by atoms with Crippen molar-refractivity contribution in [2.75, 3.05) is 6.54 Å². The van der Waals surface area contributed by atoms with Crippen LogP contribution in [0.15, 0.2) is 24.3 Å². The van der Waals surface area contributed by atoms with Crippen molar-refractivity contribution in [1.29, 1.82) is 0 Å². The first-order valence-electron chi connectivity index (χ1n) is 5.32. The molecule has 1 rings (SSSR count). The van der Waals surface area contributed by atoms with Crippen LogP contribution in [0.2, 0.25) is 0 Å². The minimum atomic E-state index is -0.903. The van der Waals surface area contributed by atoms with Crippen molar-refractivity contribution < 1.29 is 14.7 Å². The lowest BCUT2D eigenvalue weighted by molar-refractivity contribution is -0.147. The zero-order chi connectivity index (χ0) is 12.1. The quantitative estimate of drug-likeness (QED) is 0.707. The average Bonchev–Trinajstić information content (AvgIpc) is 2.25. The van der Waals surface area contributed by atoms with Crippen LogP contribution >= 0.6 is 0 Å². The molecule has 0 aromatic rings. The summed E-state index contributed by atoms with van der Waals surface area (Å²) >= 11 is 0. The van der Waals surface area contributed by atoms with E-state index < -0.39 is 17.8 Å². The van der Waals surface area contributed by atoms with Crippen LogP contribution in [0.5, 0.6) is 0 Å². The van der Waals surface area contributed by atoms with Crippen LogP contribution in [0, 0.1) is 11.8 Å². The van der Waals surface area contributed by atoms with Gasteiger partial charge in [-0.05, 0) is 19.8 Å². The zero-order valence-electron chi connectivity index (χ0n) is 9.40. The lowest BCUT2D eigenvalue weighted by atomic mass is 9.82. The van der Waals surface area contributed by atoms with Gasteiger partial charge in [-0.25, -0.2) is 0 Å². The van der Waals surface area contributed by atoms with Crippen LogP contribution in [-0.2, 0) is 9.59 Å². The Bertz CT molecular complexity index is 333. The minimum absolute atomic E-state index is 0.195. The third kappa shape index (κ3) is 3.22. The third-order valence-corrected chi connectivity index (χ3v) is 2.65. The summed E-state index contributed by atoms with van der Waals surface area (Å²) in [6.07, 6.45) is 4.62. The van der Waals surface area contributed by atoms with Gasteiger partial charge in [0.1, 0.15) is 0 Å². The van der Waals surface area contributed by atoms with Crippen LogP contribution in [0.1, 0.15) is 19.8 Å². The maximum absolute atomic E-state index is 11.8. The van der Waals surface area contributed by atoms with Crippen molar-refractivity contribution in [3.63, 3.8) is 0 Å². The van der Waals surface area contributed by atoms with Gasteiger partial charge in [-0.2, -0.15) is 0 Å². The van der Waals surface area contributed by atoms with Crippen LogP contribution in [0.3, 0.4) is 0 Å². The van der Waals surface area contributed by atoms with Gasteiger partial charge in [0.2, 0.25) is 5.91 Å². The second-order valence-corrected chi connectivity index (χ2v) is 4.17. The molecule has 1 amide bonds. The molecule has 0 fully saturated rings. The Morgan fingerprint density at radius 3 is 2.44 bits per heavy atom. The molecular weight excluding hydrogens is 206 g/mol. The van der Waals surface area contributed by atoms with Crippen molar-refractivity contribution >= 4 is 11.9 Å². The molecule has 0 heterocycles. The van der Waals surface area contributed by atoms with E-state index in [1.165, 1.54) is 0 Å². The van der Waals surface area contributed by atoms with Gasteiger partial charge in [-0.1, -0.05) is 24.3 Å². The Morgan fingerprint density at radius 2 is 1.94 bits per heavy atom. The van der Waals surface area contributed by atoms with Gasteiger partial charge < -0.3 is 10.4 Å². The van der Waals surface area contributed by atoms with Crippen LogP contribution in [-0.4, -0.2) is 23.5 Å². The number of allylic oxidation sites excluding steroid dienone is 2. The van der Waals surface area contributed by atoms with Crippen LogP contribution < -0.4 is 5.32 Å². The number of amides is 1. The summed E-state index contributed by atoms with van der Waals surface area (Å²) in [5.41, 5.74) is 0.853.